The normalized spacial score (nSPS) is 21.8. The summed E-state index contributed by atoms with van der Waals surface area (Å²) in [4.78, 5) is 0.341. The highest BCUT2D eigenvalue weighted by Crippen LogP contribution is 2.46. The van der Waals surface area contributed by atoms with Gasteiger partial charge in [0.15, 0.2) is 9.84 Å². The number of sulfone groups is 1. The highest BCUT2D eigenvalue weighted by atomic mass is 32.2. The van der Waals surface area contributed by atoms with Gasteiger partial charge in [0.25, 0.3) is 0 Å². The fourth-order valence-electron chi connectivity index (χ4n) is 3.32. The van der Waals surface area contributed by atoms with Gasteiger partial charge in [0.2, 0.25) is 0 Å². The Morgan fingerprint density at radius 2 is 1.39 bits per heavy atom. The minimum Gasteiger partial charge on any atom is -0.411 e. The fourth-order valence-corrected chi connectivity index (χ4v) is 5.48. The van der Waals surface area contributed by atoms with E-state index in [1.54, 1.807) is 24.3 Å². The molecule has 0 unspecified atom stereocenters. The van der Waals surface area contributed by atoms with E-state index in [1.165, 1.54) is 0 Å². The summed E-state index contributed by atoms with van der Waals surface area (Å²) >= 11 is 0. The SMILES string of the molecule is O=S(=O)(c1ccccc1)C1(c2ccccc2)CCC(=NO)CC1. The van der Waals surface area contributed by atoms with Crippen molar-refractivity contribution >= 4 is 15.5 Å². The molecule has 1 saturated carbocycles. The van der Waals surface area contributed by atoms with Gasteiger partial charge in [-0.3, -0.25) is 0 Å². The smallest absolute Gasteiger partial charge is 0.188 e. The van der Waals surface area contributed by atoms with Crippen molar-refractivity contribution in [2.75, 3.05) is 0 Å². The van der Waals surface area contributed by atoms with Crippen molar-refractivity contribution in [3.63, 3.8) is 0 Å². The van der Waals surface area contributed by atoms with Crippen LogP contribution in [0.15, 0.2) is 70.7 Å². The van der Waals surface area contributed by atoms with Gasteiger partial charge in [-0.05, 0) is 43.4 Å². The molecular weight excluding hydrogens is 310 g/mol. The first kappa shape index (κ1) is 15.7. The molecule has 0 heterocycles. The molecule has 1 N–H and O–H groups in total. The average molecular weight is 329 g/mol. The van der Waals surface area contributed by atoms with Crippen molar-refractivity contribution in [1.82, 2.24) is 0 Å². The highest BCUT2D eigenvalue weighted by molar-refractivity contribution is 7.92. The molecule has 1 fully saturated rings. The van der Waals surface area contributed by atoms with Crippen molar-refractivity contribution in [2.24, 2.45) is 5.16 Å². The summed E-state index contributed by atoms with van der Waals surface area (Å²) in [6.45, 7) is 0. The van der Waals surface area contributed by atoms with Crippen LogP contribution in [0, 0.1) is 0 Å². The first-order chi connectivity index (χ1) is 11.1. The summed E-state index contributed by atoms with van der Waals surface area (Å²) < 4.78 is 25.8. The second-order valence-corrected chi connectivity index (χ2v) is 8.10. The number of oxime groups is 1. The van der Waals surface area contributed by atoms with E-state index in [1.807, 2.05) is 36.4 Å². The number of nitrogens with zero attached hydrogens (tertiary/aromatic N) is 1. The third-order valence-electron chi connectivity index (χ3n) is 4.64. The predicted molar refractivity (Wildman–Crippen MR) is 89.4 cm³/mol. The van der Waals surface area contributed by atoms with Crippen molar-refractivity contribution in [2.45, 2.75) is 35.3 Å². The second-order valence-electron chi connectivity index (χ2n) is 5.84. The Labute approximate surface area is 136 Å². The molecule has 0 aromatic heterocycles. The Balaban J connectivity index is 2.14. The molecular formula is C18H19NO3S. The van der Waals surface area contributed by atoms with Crippen LogP contribution in [0.3, 0.4) is 0 Å². The molecule has 2 aromatic rings. The van der Waals surface area contributed by atoms with Crippen LogP contribution >= 0.6 is 0 Å². The van der Waals surface area contributed by atoms with Gasteiger partial charge < -0.3 is 5.21 Å². The van der Waals surface area contributed by atoms with Crippen molar-refractivity contribution in [3.8, 4) is 0 Å². The zero-order valence-corrected chi connectivity index (χ0v) is 13.5. The Kier molecular flexibility index (Phi) is 4.22. The van der Waals surface area contributed by atoms with Crippen LogP contribution < -0.4 is 0 Å². The molecule has 2 aromatic carbocycles. The zero-order chi connectivity index (χ0) is 16.3. The summed E-state index contributed by atoms with van der Waals surface area (Å²) in [5.41, 5.74) is 1.47. The van der Waals surface area contributed by atoms with Crippen LogP contribution in [-0.4, -0.2) is 19.3 Å². The number of hydrogen-bond donors (Lipinski definition) is 1. The van der Waals surface area contributed by atoms with E-state index in [4.69, 9.17) is 5.21 Å². The highest BCUT2D eigenvalue weighted by Gasteiger charge is 2.47. The first-order valence-corrected chi connectivity index (χ1v) is 9.13. The third-order valence-corrected chi connectivity index (χ3v) is 7.21. The first-order valence-electron chi connectivity index (χ1n) is 7.65. The van der Waals surface area contributed by atoms with Crippen LogP contribution in [0.1, 0.15) is 31.2 Å². The Bertz CT molecular complexity index is 789. The quantitative estimate of drug-likeness (QED) is 0.688. The molecule has 120 valence electrons. The molecule has 0 atom stereocenters. The topological polar surface area (TPSA) is 66.7 Å². The molecule has 1 aliphatic rings. The maximum Gasteiger partial charge on any atom is 0.188 e. The van der Waals surface area contributed by atoms with Crippen molar-refractivity contribution in [1.29, 1.82) is 0 Å². The van der Waals surface area contributed by atoms with Gasteiger partial charge in [0, 0.05) is 0 Å². The summed E-state index contributed by atoms with van der Waals surface area (Å²) in [5, 5.41) is 12.3. The molecule has 1 aliphatic carbocycles. The fraction of sp³-hybridized carbons (Fsp3) is 0.278. The summed E-state index contributed by atoms with van der Waals surface area (Å²) in [6, 6.07) is 18.0. The third kappa shape index (κ3) is 2.65. The van der Waals surface area contributed by atoms with Gasteiger partial charge in [0.1, 0.15) is 4.75 Å². The van der Waals surface area contributed by atoms with E-state index >= 15 is 0 Å². The van der Waals surface area contributed by atoms with E-state index in [0.29, 0.717) is 36.3 Å². The minimum atomic E-state index is -3.54. The molecule has 0 radical (unpaired) electrons. The van der Waals surface area contributed by atoms with Gasteiger partial charge in [-0.1, -0.05) is 53.7 Å². The van der Waals surface area contributed by atoms with Gasteiger partial charge in [-0.25, -0.2) is 8.42 Å². The van der Waals surface area contributed by atoms with E-state index in [9.17, 15) is 8.42 Å². The van der Waals surface area contributed by atoms with E-state index in [0.717, 1.165) is 5.56 Å². The molecule has 0 bridgehead atoms. The lowest BCUT2D eigenvalue weighted by Crippen LogP contribution is -2.40. The molecule has 0 saturated heterocycles. The van der Waals surface area contributed by atoms with Crippen molar-refractivity contribution < 1.29 is 13.6 Å². The van der Waals surface area contributed by atoms with Crippen LogP contribution in [-0.2, 0) is 14.6 Å². The van der Waals surface area contributed by atoms with Crippen molar-refractivity contribution in [3.05, 3.63) is 66.2 Å². The summed E-state index contributed by atoms with van der Waals surface area (Å²) in [5.74, 6) is 0. The Hall–Kier alpha value is -2.14. The Morgan fingerprint density at radius 1 is 0.870 bits per heavy atom. The molecule has 0 amide bonds. The van der Waals surface area contributed by atoms with Gasteiger partial charge >= 0.3 is 0 Å². The predicted octanol–water partition coefficient (Wildman–Crippen LogP) is 3.76. The average Bonchev–Trinajstić information content (AvgIpc) is 2.63. The molecule has 0 spiro atoms. The maximum absolute atomic E-state index is 13.4. The molecule has 0 aliphatic heterocycles. The van der Waals surface area contributed by atoms with E-state index in [-0.39, 0.29) is 0 Å². The van der Waals surface area contributed by atoms with E-state index < -0.39 is 14.6 Å². The molecule has 4 nitrogen and oxygen atoms in total. The lowest BCUT2D eigenvalue weighted by atomic mass is 9.82. The van der Waals surface area contributed by atoms with Gasteiger partial charge in [-0.15, -0.1) is 0 Å². The second kappa shape index (κ2) is 6.16. The van der Waals surface area contributed by atoms with Crippen LogP contribution in [0.2, 0.25) is 0 Å². The summed E-state index contributed by atoms with van der Waals surface area (Å²) in [6.07, 6.45) is 1.82. The largest absolute Gasteiger partial charge is 0.411 e. The zero-order valence-electron chi connectivity index (χ0n) is 12.7. The van der Waals surface area contributed by atoms with Crippen LogP contribution in [0.25, 0.3) is 0 Å². The Morgan fingerprint density at radius 3 is 1.91 bits per heavy atom. The monoisotopic (exact) mass is 329 g/mol. The minimum absolute atomic E-state index is 0.341. The number of hydrogen-bond acceptors (Lipinski definition) is 4. The number of benzene rings is 2. The summed E-state index contributed by atoms with van der Waals surface area (Å²) in [7, 11) is -3.54. The molecule has 3 rings (SSSR count). The molecule has 23 heavy (non-hydrogen) atoms. The molecule has 5 heteroatoms. The number of rotatable bonds is 3. The van der Waals surface area contributed by atoms with Crippen LogP contribution in [0.4, 0.5) is 0 Å². The lowest BCUT2D eigenvalue weighted by Gasteiger charge is -2.37. The maximum atomic E-state index is 13.4. The van der Waals surface area contributed by atoms with Gasteiger partial charge in [-0.2, -0.15) is 0 Å². The lowest BCUT2D eigenvalue weighted by molar-refractivity contribution is 0.311. The van der Waals surface area contributed by atoms with Gasteiger partial charge in [0.05, 0.1) is 10.6 Å². The standard InChI is InChI=1S/C18H19NO3S/c20-19-16-11-13-18(14-12-16,15-7-3-1-4-8-15)23(21,22)17-9-5-2-6-10-17/h1-10,20H,11-14H2. The van der Waals surface area contributed by atoms with Crippen LogP contribution in [0.5, 0.6) is 0 Å². The van der Waals surface area contributed by atoms with E-state index in [2.05, 4.69) is 5.16 Å².